The van der Waals surface area contributed by atoms with Crippen LogP contribution in [0.5, 0.6) is 5.75 Å². The minimum absolute atomic E-state index is 0.360. The zero-order valence-electron chi connectivity index (χ0n) is 13.6. The lowest BCUT2D eigenvalue weighted by atomic mass is 10.1. The lowest BCUT2D eigenvalue weighted by Gasteiger charge is -2.08. The standard InChI is InChI=1S/C19H16N4O2/c1-25-17-9-13(10-20)7-8-15(17)11-23-12-16(19(21)24)18(22-23)14-5-3-2-4-6-14/h2-9,12H,11H2,1H3,(H2,21,24). The smallest absolute Gasteiger partial charge is 0.252 e. The van der Waals surface area contributed by atoms with E-state index in [-0.39, 0.29) is 0 Å². The predicted octanol–water partition coefficient (Wildman–Crippen LogP) is 2.58. The summed E-state index contributed by atoms with van der Waals surface area (Å²) in [6.45, 7) is 0.391. The largest absolute Gasteiger partial charge is 0.496 e. The molecule has 2 aromatic carbocycles. The molecule has 0 aliphatic heterocycles. The third-order valence-electron chi connectivity index (χ3n) is 3.82. The fourth-order valence-electron chi connectivity index (χ4n) is 2.61. The van der Waals surface area contributed by atoms with Gasteiger partial charge < -0.3 is 10.5 Å². The van der Waals surface area contributed by atoms with Gasteiger partial charge >= 0.3 is 0 Å². The van der Waals surface area contributed by atoms with Crippen molar-refractivity contribution in [1.82, 2.24) is 9.78 Å². The van der Waals surface area contributed by atoms with Gasteiger partial charge in [0.15, 0.2) is 0 Å². The number of hydrogen-bond donors (Lipinski definition) is 1. The average molecular weight is 332 g/mol. The van der Waals surface area contributed by atoms with Crippen LogP contribution in [-0.4, -0.2) is 22.8 Å². The molecule has 0 saturated heterocycles. The molecule has 25 heavy (non-hydrogen) atoms. The van der Waals surface area contributed by atoms with Crippen LogP contribution in [0.3, 0.4) is 0 Å². The number of rotatable bonds is 5. The van der Waals surface area contributed by atoms with Crippen LogP contribution in [0.2, 0.25) is 0 Å². The first-order valence-electron chi connectivity index (χ1n) is 7.62. The van der Waals surface area contributed by atoms with E-state index in [1.807, 2.05) is 36.4 Å². The van der Waals surface area contributed by atoms with Crippen LogP contribution in [0, 0.1) is 11.3 Å². The fraction of sp³-hybridized carbons (Fsp3) is 0.105. The number of methoxy groups -OCH3 is 1. The second-order valence-corrected chi connectivity index (χ2v) is 5.46. The number of carbonyl (C=O) groups excluding carboxylic acids is 1. The van der Waals surface area contributed by atoms with Crippen LogP contribution >= 0.6 is 0 Å². The van der Waals surface area contributed by atoms with Gasteiger partial charge in [-0.2, -0.15) is 10.4 Å². The third-order valence-corrected chi connectivity index (χ3v) is 3.82. The topological polar surface area (TPSA) is 93.9 Å². The van der Waals surface area contributed by atoms with Gasteiger partial charge in [-0.1, -0.05) is 36.4 Å². The maximum atomic E-state index is 11.8. The van der Waals surface area contributed by atoms with Crippen LogP contribution < -0.4 is 10.5 Å². The van der Waals surface area contributed by atoms with Gasteiger partial charge in [-0.3, -0.25) is 9.48 Å². The van der Waals surface area contributed by atoms with Crippen molar-refractivity contribution in [3.63, 3.8) is 0 Å². The summed E-state index contributed by atoms with van der Waals surface area (Å²) in [6, 6.07) is 16.7. The van der Waals surface area contributed by atoms with Gasteiger partial charge in [0.05, 0.1) is 30.9 Å². The van der Waals surface area contributed by atoms with E-state index in [4.69, 9.17) is 15.7 Å². The van der Waals surface area contributed by atoms with Crippen molar-refractivity contribution in [2.24, 2.45) is 5.73 Å². The number of primary amides is 1. The molecule has 0 fully saturated rings. The zero-order valence-corrected chi connectivity index (χ0v) is 13.6. The summed E-state index contributed by atoms with van der Waals surface area (Å²) in [7, 11) is 1.55. The first-order valence-corrected chi connectivity index (χ1v) is 7.62. The van der Waals surface area contributed by atoms with Crippen molar-refractivity contribution >= 4 is 5.91 Å². The van der Waals surface area contributed by atoms with Crippen molar-refractivity contribution in [2.45, 2.75) is 6.54 Å². The Bertz CT molecular complexity index is 955. The van der Waals surface area contributed by atoms with Crippen molar-refractivity contribution in [3.8, 4) is 23.1 Å². The summed E-state index contributed by atoms with van der Waals surface area (Å²) >= 11 is 0. The lowest BCUT2D eigenvalue weighted by molar-refractivity contribution is 0.100. The number of benzene rings is 2. The maximum absolute atomic E-state index is 11.8. The fourth-order valence-corrected chi connectivity index (χ4v) is 2.61. The molecular formula is C19H16N4O2. The molecule has 3 aromatic rings. The average Bonchev–Trinajstić information content (AvgIpc) is 3.07. The van der Waals surface area contributed by atoms with Crippen LogP contribution in [0.25, 0.3) is 11.3 Å². The quantitative estimate of drug-likeness (QED) is 0.777. The summed E-state index contributed by atoms with van der Waals surface area (Å²) in [4.78, 5) is 11.8. The molecule has 2 N–H and O–H groups in total. The number of amides is 1. The normalized spacial score (nSPS) is 10.2. The minimum Gasteiger partial charge on any atom is -0.496 e. The molecule has 6 nitrogen and oxygen atoms in total. The molecule has 0 aliphatic carbocycles. The second kappa shape index (κ2) is 6.89. The van der Waals surface area contributed by atoms with E-state index in [0.717, 1.165) is 11.1 Å². The molecule has 3 rings (SSSR count). The molecule has 0 aliphatic rings. The van der Waals surface area contributed by atoms with Gasteiger partial charge in [0, 0.05) is 17.3 Å². The maximum Gasteiger partial charge on any atom is 0.252 e. The van der Waals surface area contributed by atoms with E-state index in [0.29, 0.717) is 29.1 Å². The van der Waals surface area contributed by atoms with Crippen molar-refractivity contribution in [1.29, 1.82) is 5.26 Å². The second-order valence-electron chi connectivity index (χ2n) is 5.46. The van der Waals surface area contributed by atoms with E-state index in [2.05, 4.69) is 11.2 Å². The Labute approximate surface area is 145 Å². The minimum atomic E-state index is -0.531. The predicted molar refractivity (Wildman–Crippen MR) is 93.0 cm³/mol. The highest BCUT2D eigenvalue weighted by molar-refractivity contribution is 5.98. The van der Waals surface area contributed by atoms with Gasteiger partial charge in [0.25, 0.3) is 5.91 Å². The SMILES string of the molecule is COc1cc(C#N)ccc1Cn1cc(C(N)=O)c(-c2ccccc2)n1. The molecule has 1 aromatic heterocycles. The summed E-state index contributed by atoms with van der Waals surface area (Å²) in [5, 5.41) is 13.5. The number of nitrogens with zero attached hydrogens (tertiary/aromatic N) is 3. The number of ether oxygens (including phenoxy) is 1. The van der Waals surface area contributed by atoms with Gasteiger partial charge in [0.1, 0.15) is 11.4 Å². The molecule has 124 valence electrons. The van der Waals surface area contributed by atoms with Crippen molar-refractivity contribution in [2.75, 3.05) is 7.11 Å². The Hall–Kier alpha value is -3.59. The Morgan fingerprint density at radius 2 is 2.04 bits per heavy atom. The summed E-state index contributed by atoms with van der Waals surface area (Å²) in [6.07, 6.45) is 1.63. The monoisotopic (exact) mass is 332 g/mol. The first kappa shape index (κ1) is 16.3. The van der Waals surface area contributed by atoms with E-state index < -0.39 is 5.91 Å². The van der Waals surface area contributed by atoms with Gasteiger partial charge in [0.2, 0.25) is 0 Å². The summed E-state index contributed by atoms with van der Waals surface area (Å²) < 4.78 is 6.99. The van der Waals surface area contributed by atoms with Crippen molar-refractivity contribution < 1.29 is 9.53 Å². The third kappa shape index (κ3) is 3.35. The molecular weight excluding hydrogens is 316 g/mol. The van der Waals surface area contributed by atoms with Crippen LogP contribution in [-0.2, 0) is 6.54 Å². The number of hydrogen-bond acceptors (Lipinski definition) is 4. The van der Waals surface area contributed by atoms with Gasteiger partial charge in [-0.05, 0) is 12.1 Å². The summed E-state index contributed by atoms with van der Waals surface area (Å²) in [5.74, 6) is 0.0633. The molecule has 0 bridgehead atoms. The van der Waals surface area contributed by atoms with E-state index in [1.165, 1.54) is 0 Å². The highest BCUT2D eigenvalue weighted by Gasteiger charge is 2.16. The molecule has 0 radical (unpaired) electrons. The number of nitriles is 1. The number of carbonyl (C=O) groups is 1. The van der Waals surface area contributed by atoms with E-state index >= 15 is 0 Å². The van der Waals surface area contributed by atoms with E-state index in [9.17, 15) is 4.79 Å². The number of aromatic nitrogens is 2. The molecule has 0 spiro atoms. The Kier molecular flexibility index (Phi) is 4.48. The highest BCUT2D eigenvalue weighted by atomic mass is 16.5. The molecule has 1 amide bonds. The van der Waals surface area contributed by atoms with Crippen LogP contribution in [0.15, 0.2) is 54.7 Å². The van der Waals surface area contributed by atoms with Crippen LogP contribution in [0.4, 0.5) is 0 Å². The lowest BCUT2D eigenvalue weighted by Crippen LogP contribution is -2.11. The Morgan fingerprint density at radius 3 is 2.68 bits per heavy atom. The van der Waals surface area contributed by atoms with E-state index in [1.54, 1.807) is 30.1 Å². The Balaban J connectivity index is 2.00. The Morgan fingerprint density at radius 1 is 1.28 bits per heavy atom. The zero-order chi connectivity index (χ0) is 17.8. The number of nitrogens with two attached hydrogens (primary N) is 1. The summed E-state index contributed by atoms with van der Waals surface area (Å²) in [5.41, 5.74) is 8.59. The molecule has 0 atom stereocenters. The molecule has 1 heterocycles. The molecule has 0 saturated carbocycles. The van der Waals surface area contributed by atoms with Crippen LogP contribution in [0.1, 0.15) is 21.5 Å². The molecule has 0 unspecified atom stereocenters. The highest BCUT2D eigenvalue weighted by Crippen LogP contribution is 2.24. The molecule has 6 heteroatoms. The van der Waals surface area contributed by atoms with Gasteiger partial charge in [-0.15, -0.1) is 0 Å². The first-order chi connectivity index (χ1) is 12.1. The van der Waals surface area contributed by atoms with Crippen molar-refractivity contribution in [3.05, 3.63) is 71.4 Å². The van der Waals surface area contributed by atoms with Gasteiger partial charge in [-0.25, -0.2) is 0 Å².